The second-order valence-corrected chi connectivity index (χ2v) is 6.29. The van der Waals surface area contributed by atoms with Gasteiger partial charge in [0.05, 0.1) is 7.11 Å². The van der Waals surface area contributed by atoms with Crippen LogP contribution in [0.5, 0.6) is 5.75 Å². The SMILES string of the molecule is COc1ccc2c(c1)C(C1CCCC(=O)C1)SC2=O. The third kappa shape index (κ3) is 2.29. The van der Waals surface area contributed by atoms with Crippen LogP contribution in [0.15, 0.2) is 18.2 Å². The topological polar surface area (TPSA) is 43.4 Å². The maximum atomic E-state index is 12.0. The van der Waals surface area contributed by atoms with E-state index in [2.05, 4.69) is 0 Å². The van der Waals surface area contributed by atoms with Crippen molar-refractivity contribution in [1.29, 1.82) is 0 Å². The maximum absolute atomic E-state index is 12.0. The molecule has 0 saturated heterocycles. The zero-order chi connectivity index (χ0) is 13.4. The lowest BCUT2D eigenvalue weighted by Crippen LogP contribution is -2.19. The number of fused-ring (bicyclic) bond motifs is 1. The Hall–Kier alpha value is -1.29. The van der Waals surface area contributed by atoms with Crippen LogP contribution < -0.4 is 4.74 Å². The van der Waals surface area contributed by atoms with Crippen LogP contribution in [0.4, 0.5) is 0 Å². The molecule has 4 heteroatoms. The number of hydrogen-bond acceptors (Lipinski definition) is 4. The van der Waals surface area contributed by atoms with Crippen LogP contribution in [0.25, 0.3) is 0 Å². The van der Waals surface area contributed by atoms with Crippen LogP contribution in [-0.4, -0.2) is 18.0 Å². The number of ether oxygens (including phenoxy) is 1. The standard InChI is InChI=1S/C15H16O3S/c1-18-11-5-6-12-13(8-11)14(19-15(12)17)9-3-2-4-10(16)7-9/h5-6,8-9,14H,2-4,7H2,1H3. The molecule has 1 aromatic rings. The van der Waals surface area contributed by atoms with Crippen molar-refractivity contribution in [2.45, 2.75) is 30.9 Å². The molecular formula is C15H16O3S. The zero-order valence-electron chi connectivity index (χ0n) is 10.8. The fourth-order valence-electron chi connectivity index (χ4n) is 3.00. The van der Waals surface area contributed by atoms with Gasteiger partial charge in [-0.3, -0.25) is 9.59 Å². The van der Waals surface area contributed by atoms with Crippen molar-refractivity contribution in [3.63, 3.8) is 0 Å². The highest BCUT2D eigenvalue weighted by Crippen LogP contribution is 2.50. The first-order chi connectivity index (χ1) is 9.19. The predicted molar refractivity (Wildman–Crippen MR) is 74.6 cm³/mol. The number of ketones is 1. The van der Waals surface area contributed by atoms with Crippen LogP contribution in [0.3, 0.4) is 0 Å². The number of methoxy groups -OCH3 is 1. The molecular weight excluding hydrogens is 260 g/mol. The van der Waals surface area contributed by atoms with Crippen molar-refractivity contribution in [2.75, 3.05) is 7.11 Å². The summed E-state index contributed by atoms with van der Waals surface area (Å²) in [4.78, 5) is 23.7. The summed E-state index contributed by atoms with van der Waals surface area (Å²) in [5.41, 5.74) is 1.84. The number of thioether (sulfide) groups is 1. The van der Waals surface area contributed by atoms with E-state index in [4.69, 9.17) is 4.74 Å². The predicted octanol–water partition coefficient (Wildman–Crippen LogP) is 3.38. The average Bonchev–Trinajstić information content (AvgIpc) is 2.75. The van der Waals surface area contributed by atoms with Crippen molar-refractivity contribution in [3.05, 3.63) is 29.3 Å². The molecule has 0 bridgehead atoms. The molecule has 0 N–H and O–H groups in total. The van der Waals surface area contributed by atoms with Gasteiger partial charge in [-0.2, -0.15) is 0 Å². The Bertz CT molecular complexity index is 538. The smallest absolute Gasteiger partial charge is 0.220 e. The van der Waals surface area contributed by atoms with Crippen molar-refractivity contribution in [2.24, 2.45) is 5.92 Å². The summed E-state index contributed by atoms with van der Waals surface area (Å²) in [5, 5.41) is 0.252. The van der Waals surface area contributed by atoms with Crippen molar-refractivity contribution < 1.29 is 14.3 Å². The van der Waals surface area contributed by atoms with E-state index in [1.54, 1.807) is 7.11 Å². The lowest BCUT2D eigenvalue weighted by molar-refractivity contribution is -0.121. The van der Waals surface area contributed by atoms with Crippen LogP contribution in [0.2, 0.25) is 0 Å². The highest BCUT2D eigenvalue weighted by atomic mass is 32.2. The first-order valence-corrected chi connectivity index (χ1v) is 7.47. The molecule has 0 spiro atoms. The monoisotopic (exact) mass is 276 g/mol. The van der Waals surface area contributed by atoms with Gasteiger partial charge < -0.3 is 4.74 Å². The number of carbonyl (C=O) groups excluding carboxylic acids is 2. The fraction of sp³-hybridized carbons (Fsp3) is 0.467. The molecule has 2 aliphatic rings. The minimum Gasteiger partial charge on any atom is -0.497 e. The van der Waals surface area contributed by atoms with E-state index in [9.17, 15) is 9.59 Å². The minimum absolute atomic E-state index is 0.126. The molecule has 100 valence electrons. The van der Waals surface area contributed by atoms with E-state index in [1.165, 1.54) is 11.8 Å². The molecule has 0 aromatic heterocycles. The van der Waals surface area contributed by atoms with E-state index in [-0.39, 0.29) is 10.4 Å². The normalized spacial score (nSPS) is 26.4. The van der Waals surface area contributed by atoms with Crippen molar-refractivity contribution in [1.82, 2.24) is 0 Å². The van der Waals surface area contributed by atoms with E-state index in [0.717, 1.165) is 29.7 Å². The minimum atomic E-state index is 0.126. The van der Waals surface area contributed by atoms with Gasteiger partial charge in [0.25, 0.3) is 0 Å². The molecule has 0 amide bonds. The molecule has 3 nitrogen and oxygen atoms in total. The fourth-order valence-corrected chi connectivity index (χ4v) is 4.29. The van der Waals surface area contributed by atoms with Gasteiger partial charge in [0.1, 0.15) is 11.5 Å². The zero-order valence-corrected chi connectivity index (χ0v) is 11.7. The third-order valence-electron chi connectivity index (χ3n) is 3.97. The number of benzene rings is 1. The number of hydrogen-bond donors (Lipinski definition) is 0. The van der Waals surface area contributed by atoms with Crippen LogP contribution in [0.1, 0.15) is 46.9 Å². The van der Waals surface area contributed by atoms with E-state index < -0.39 is 0 Å². The molecule has 19 heavy (non-hydrogen) atoms. The Labute approximate surface area is 116 Å². The first kappa shape index (κ1) is 12.7. The summed E-state index contributed by atoms with van der Waals surface area (Å²) in [6, 6.07) is 5.62. The molecule has 1 heterocycles. The molecule has 1 aliphatic carbocycles. The quantitative estimate of drug-likeness (QED) is 0.830. The first-order valence-electron chi connectivity index (χ1n) is 6.59. The molecule has 2 atom stereocenters. The third-order valence-corrected chi connectivity index (χ3v) is 5.29. The summed E-state index contributed by atoms with van der Waals surface area (Å²) < 4.78 is 5.24. The summed E-state index contributed by atoms with van der Waals surface area (Å²) in [6.45, 7) is 0. The molecule has 1 saturated carbocycles. The van der Waals surface area contributed by atoms with Crippen LogP contribution in [0, 0.1) is 5.92 Å². The Morgan fingerprint density at radius 2 is 2.16 bits per heavy atom. The number of carbonyl (C=O) groups is 2. The van der Waals surface area contributed by atoms with Gasteiger partial charge in [-0.15, -0.1) is 0 Å². The van der Waals surface area contributed by atoms with Gasteiger partial charge in [-0.25, -0.2) is 0 Å². The number of rotatable bonds is 2. The van der Waals surface area contributed by atoms with Gasteiger partial charge >= 0.3 is 0 Å². The number of Topliss-reactive ketones (excluding diaryl/α,β-unsaturated/α-hetero) is 1. The lowest BCUT2D eigenvalue weighted by Gasteiger charge is -2.26. The second-order valence-electron chi connectivity index (χ2n) is 5.17. The van der Waals surface area contributed by atoms with Crippen molar-refractivity contribution >= 4 is 22.7 Å². The molecule has 1 fully saturated rings. The summed E-state index contributed by atoms with van der Waals surface area (Å²) in [7, 11) is 1.63. The Kier molecular flexibility index (Phi) is 3.35. The highest BCUT2D eigenvalue weighted by Gasteiger charge is 2.37. The summed E-state index contributed by atoms with van der Waals surface area (Å²) >= 11 is 1.38. The molecule has 2 unspecified atom stereocenters. The van der Waals surface area contributed by atoms with Crippen molar-refractivity contribution in [3.8, 4) is 5.75 Å². The lowest BCUT2D eigenvalue weighted by atomic mass is 9.83. The Morgan fingerprint density at radius 1 is 1.32 bits per heavy atom. The van der Waals surface area contributed by atoms with Crippen LogP contribution in [-0.2, 0) is 4.79 Å². The Balaban J connectivity index is 1.93. The van der Waals surface area contributed by atoms with Gasteiger partial charge in [0.2, 0.25) is 5.12 Å². The Morgan fingerprint density at radius 3 is 2.89 bits per heavy atom. The maximum Gasteiger partial charge on any atom is 0.220 e. The summed E-state index contributed by atoms with van der Waals surface area (Å²) in [5.74, 6) is 1.41. The van der Waals surface area contributed by atoms with Gasteiger partial charge in [0, 0.05) is 23.7 Å². The van der Waals surface area contributed by atoms with E-state index in [0.29, 0.717) is 24.5 Å². The van der Waals surface area contributed by atoms with Gasteiger partial charge in [-0.1, -0.05) is 11.8 Å². The largest absolute Gasteiger partial charge is 0.497 e. The molecule has 1 aromatic carbocycles. The average molecular weight is 276 g/mol. The van der Waals surface area contributed by atoms with Gasteiger partial charge in [0.15, 0.2) is 0 Å². The van der Waals surface area contributed by atoms with Gasteiger partial charge in [-0.05, 0) is 42.5 Å². The van der Waals surface area contributed by atoms with E-state index >= 15 is 0 Å². The molecule has 3 rings (SSSR count). The second kappa shape index (κ2) is 5.00. The van der Waals surface area contributed by atoms with E-state index in [1.807, 2.05) is 18.2 Å². The molecule has 0 radical (unpaired) electrons. The highest BCUT2D eigenvalue weighted by molar-refractivity contribution is 8.14. The molecule has 1 aliphatic heterocycles. The van der Waals surface area contributed by atoms with Crippen LogP contribution >= 0.6 is 11.8 Å². The summed E-state index contributed by atoms with van der Waals surface area (Å²) in [6.07, 6.45) is 3.30.